The summed E-state index contributed by atoms with van der Waals surface area (Å²) < 4.78 is 12.9. The zero-order valence-corrected chi connectivity index (χ0v) is 14.9. The minimum Gasteiger partial charge on any atom is -0.273 e. The molecule has 2 atom stereocenters. The van der Waals surface area contributed by atoms with E-state index < -0.39 is 0 Å². The molecule has 1 fully saturated rings. The summed E-state index contributed by atoms with van der Waals surface area (Å²) in [4.78, 5) is 12.8. The number of carbonyl (C=O) groups excluding carboxylic acids is 1. The number of amides is 1. The maximum atomic E-state index is 12.9. The Morgan fingerprint density at radius 2 is 1.96 bits per heavy atom. The molecule has 1 N–H and O–H groups in total. The van der Waals surface area contributed by atoms with Crippen LogP contribution in [-0.2, 0) is 10.2 Å². The Balaban J connectivity index is 1.54. The number of rotatable bonds is 4. The monoisotopic (exact) mass is 344 g/mol. The van der Waals surface area contributed by atoms with Gasteiger partial charge in [-0.2, -0.15) is 9.49 Å². The molecule has 3 rings (SSSR count). The third-order valence-corrected chi connectivity index (χ3v) is 5.10. The molecule has 2 aromatic rings. The first-order valence-electron chi connectivity index (χ1n) is 8.03. The molecule has 24 heavy (non-hydrogen) atoms. The summed E-state index contributed by atoms with van der Waals surface area (Å²) in [5.74, 6) is 0.171. The van der Waals surface area contributed by atoms with Crippen molar-refractivity contribution in [2.75, 3.05) is 0 Å². The standard InChI is InChI=1S/C19H21FN2OS/c1-19(2,3)13-6-4-12(5-7-13)15-10-16(15)18(23)22-21-11-14-8-9-17(20)24-14/h4-9,11,15-16H,10H2,1-3H3,(H,22,23). The number of nitrogens with one attached hydrogen (secondary N) is 1. The number of carbonyl (C=O) groups is 1. The lowest BCUT2D eigenvalue weighted by Gasteiger charge is -2.19. The molecule has 0 saturated heterocycles. The van der Waals surface area contributed by atoms with Crippen LogP contribution in [0.4, 0.5) is 4.39 Å². The molecule has 0 bridgehead atoms. The van der Waals surface area contributed by atoms with E-state index in [1.165, 1.54) is 23.4 Å². The highest BCUT2D eigenvalue weighted by Gasteiger charge is 2.43. The summed E-state index contributed by atoms with van der Waals surface area (Å²) in [5.41, 5.74) is 5.18. The van der Waals surface area contributed by atoms with Crippen LogP contribution in [0.15, 0.2) is 41.5 Å². The van der Waals surface area contributed by atoms with E-state index >= 15 is 0 Å². The maximum Gasteiger partial charge on any atom is 0.243 e. The molecule has 3 nitrogen and oxygen atoms in total. The van der Waals surface area contributed by atoms with Crippen molar-refractivity contribution in [3.8, 4) is 0 Å². The minimum absolute atomic E-state index is 0.0253. The molecule has 0 radical (unpaired) electrons. The van der Waals surface area contributed by atoms with Crippen LogP contribution in [0.1, 0.15) is 49.1 Å². The van der Waals surface area contributed by atoms with Crippen LogP contribution in [0, 0.1) is 11.0 Å². The summed E-state index contributed by atoms with van der Waals surface area (Å²) in [7, 11) is 0. The summed E-state index contributed by atoms with van der Waals surface area (Å²) in [6.07, 6.45) is 2.32. The van der Waals surface area contributed by atoms with Gasteiger partial charge < -0.3 is 0 Å². The first kappa shape index (κ1) is 16.8. The van der Waals surface area contributed by atoms with Gasteiger partial charge >= 0.3 is 0 Å². The molecule has 1 aromatic carbocycles. The second kappa shape index (κ2) is 6.48. The van der Waals surface area contributed by atoms with Gasteiger partial charge in [-0.25, -0.2) is 5.43 Å². The molecule has 1 aliphatic rings. The number of halogens is 1. The first-order chi connectivity index (χ1) is 11.3. The van der Waals surface area contributed by atoms with E-state index in [1.807, 2.05) is 0 Å². The van der Waals surface area contributed by atoms with Crippen LogP contribution in [0.2, 0.25) is 0 Å². The molecular weight excluding hydrogens is 323 g/mol. The Morgan fingerprint density at radius 1 is 1.25 bits per heavy atom. The van der Waals surface area contributed by atoms with Crippen LogP contribution in [0.5, 0.6) is 0 Å². The van der Waals surface area contributed by atoms with Gasteiger partial charge in [0, 0.05) is 5.92 Å². The fourth-order valence-electron chi connectivity index (χ4n) is 2.72. The molecule has 0 spiro atoms. The Morgan fingerprint density at radius 3 is 2.54 bits per heavy atom. The van der Waals surface area contributed by atoms with Crippen molar-refractivity contribution in [1.82, 2.24) is 5.43 Å². The Kier molecular flexibility index (Phi) is 4.54. The van der Waals surface area contributed by atoms with Gasteiger partial charge in [-0.3, -0.25) is 4.79 Å². The van der Waals surface area contributed by atoms with Crippen LogP contribution in [-0.4, -0.2) is 12.1 Å². The summed E-state index contributed by atoms with van der Waals surface area (Å²) in [6.45, 7) is 6.56. The molecule has 1 amide bonds. The van der Waals surface area contributed by atoms with E-state index in [4.69, 9.17) is 0 Å². The molecule has 1 aliphatic carbocycles. The SMILES string of the molecule is CC(C)(C)c1ccc(C2CC2C(=O)NN=Cc2ccc(F)s2)cc1. The van der Waals surface area contributed by atoms with Gasteiger partial charge in [0.15, 0.2) is 5.13 Å². The van der Waals surface area contributed by atoms with Crippen molar-refractivity contribution < 1.29 is 9.18 Å². The van der Waals surface area contributed by atoms with Crippen LogP contribution in [0.25, 0.3) is 0 Å². The third kappa shape index (κ3) is 3.90. The fourth-order valence-corrected chi connectivity index (χ4v) is 3.33. The largest absolute Gasteiger partial charge is 0.273 e. The predicted octanol–water partition coefficient (Wildman–Crippen LogP) is 4.44. The van der Waals surface area contributed by atoms with E-state index in [9.17, 15) is 9.18 Å². The van der Waals surface area contributed by atoms with Crippen molar-refractivity contribution in [3.05, 3.63) is 57.5 Å². The van der Waals surface area contributed by atoms with E-state index in [0.29, 0.717) is 4.88 Å². The van der Waals surface area contributed by atoms with Gasteiger partial charge in [0.2, 0.25) is 5.91 Å². The topological polar surface area (TPSA) is 41.5 Å². The highest BCUT2D eigenvalue weighted by molar-refractivity contribution is 7.12. The third-order valence-electron chi connectivity index (χ3n) is 4.29. The lowest BCUT2D eigenvalue weighted by molar-refractivity contribution is -0.122. The zero-order chi connectivity index (χ0) is 17.3. The summed E-state index contributed by atoms with van der Waals surface area (Å²) >= 11 is 0.997. The number of hydrogen-bond donors (Lipinski definition) is 1. The first-order valence-corrected chi connectivity index (χ1v) is 8.85. The van der Waals surface area contributed by atoms with Gasteiger partial charge in [0.05, 0.1) is 11.1 Å². The smallest absolute Gasteiger partial charge is 0.243 e. The Labute approximate surface area is 145 Å². The van der Waals surface area contributed by atoms with Crippen molar-refractivity contribution in [1.29, 1.82) is 0 Å². The van der Waals surface area contributed by atoms with Gasteiger partial charge in [0.1, 0.15) is 0 Å². The lowest BCUT2D eigenvalue weighted by atomic mass is 9.86. The van der Waals surface area contributed by atoms with Gasteiger partial charge in [-0.15, -0.1) is 11.3 Å². The molecule has 1 saturated carbocycles. The van der Waals surface area contributed by atoms with Crippen LogP contribution < -0.4 is 5.43 Å². The molecule has 0 aliphatic heterocycles. The normalized spacial score (nSPS) is 20.3. The second-order valence-corrected chi connectivity index (χ2v) is 8.26. The van der Waals surface area contributed by atoms with E-state index in [1.54, 1.807) is 6.07 Å². The molecule has 2 unspecified atom stereocenters. The molecule has 5 heteroatoms. The number of thiophene rings is 1. The van der Waals surface area contributed by atoms with Crippen LogP contribution >= 0.6 is 11.3 Å². The van der Waals surface area contributed by atoms with Crippen molar-refractivity contribution in [3.63, 3.8) is 0 Å². The van der Waals surface area contributed by atoms with E-state index in [-0.39, 0.29) is 28.3 Å². The van der Waals surface area contributed by atoms with Crippen molar-refractivity contribution in [2.24, 2.45) is 11.0 Å². The quantitative estimate of drug-likeness (QED) is 0.646. The predicted molar refractivity (Wildman–Crippen MR) is 96.0 cm³/mol. The highest BCUT2D eigenvalue weighted by Crippen LogP contribution is 2.47. The van der Waals surface area contributed by atoms with Gasteiger partial charge in [-0.1, -0.05) is 45.0 Å². The van der Waals surface area contributed by atoms with E-state index in [0.717, 1.165) is 17.8 Å². The fraction of sp³-hybridized carbons (Fsp3) is 0.368. The maximum absolute atomic E-state index is 12.9. The highest BCUT2D eigenvalue weighted by atomic mass is 32.1. The molecule has 1 aromatic heterocycles. The number of hydrogen-bond acceptors (Lipinski definition) is 3. The number of hydrazone groups is 1. The summed E-state index contributed by atoms with van der Waals surface area (Å²) in [6, 6.07) is 11.5. The van der Waals surface area contributed by atoms with Gasteiger partial charge in [0.25, 0.3) is 0 Å². The molecular formula is C19H21FN2OS. The zero-order valence-electron chi connectivity index (χ0n) is 14.0. The molecule has 126 valence electrons. The van der Waals surface area contributed by atoms with Crippen molar-refractivity contribution >= 4 is 23.5 Å². The molecule has 1 heterocycles. The van der Waals surface area contributed by atoms with Crippen LogP contribution in [0.3, 0.4) is 0 Å². The second-order valence-electron chi connectivity index (χ2n) is 7.20. The Hall–Kier alpha value is -2.01. The average Bonchev–Trinajstić information content (AvgIpc) is 3.23. The van der Waals surface area contributed by atoms with Gasteiger partial charge in [-0.05, 0) is 41.0 Å². The van der Waals surface area contributed by atoms with Crippen molar-refractivity contribution in [2.45, 2.75) is 38.5 Å². The minimum atomic E-state index is -0.260. The summed E-state index contributed by atoms with van der Waals surface area (Å²) in [5, 5.41) is 3.65. The lowest BCUT2D eigenvalue weighted by Crippen LogP contribution is -2.20. The number of nitrogens with zero attached hydrogens (tertiary/aromatic N) is 1. The average molecular weight is 344 g/mol. The van der Waals surface area contributed by atoms with E-state index in [2.05, 4.69) is 55.6 Å². The number of benzene rings is 1. The Bertz CT molecular complexity index is 758.